The fourth-order valence-electron chi connectivity index (χ4n) is 4.19. The van der Waals surface area contributed by atoms with Gasteiger partial charge in [-0.3, -0.25) is 14.7 Å². The zero-order valence-corrected chi connectivity index (χ0v) is 22.6. The molecule has 2 heterocycles. The second kappa shape index (κ2) is 14.1. The predicted octanol–water partition coefficient (Wildman–Crippen LogP) is 5.03. The smallest absolute Gasteiger partial charge is 0.287 e. The molecular formula is C30H40N5O2+. The van der Waals surface area contributed by atoms with Gasteiger partial charge in [0.1, 0.15) is 20.3 Å². The minimum absolute atomic E-state index is 0.239. The number of aliphatic imine (C=N–C) groups is 1. The summed E-state index contributed by atoms with van der Waals surface area (Å²) < 4.78 is 7.84. The van der Waals surface area contributed by atoms with Gasteiger partial charge in [-0.1, -0.05) is 36.4 Å². The molecule has 7 heteroatoms. The summed E-state index contributed by atoms with van der Waals surface area (Å²) in [5, 5.41) is 3.88. The number of allylic oxidation sites excluding steroid dienone is 6. The number of nitrogens with one attached hydrogen (secondary N) is 1. The maximum Gasteiger partial charge on any atom is 0.287 e. The van der Waals surface area contributed by atoms with Gasteiger partial charge in [0.2, 0.25) is 0 Å². The van der Waals surface area contributed by atoms with Gasteiger partial charge in [-0.05, 0) is 39.0 Å². The van der Waals surface area contributed by atoms with Crippen LogP contribution in [0.25, 0.3) is 11.0 Å². The SMILES string of the molecule is C=[N+](C)C(=CC=CC)CNC(=O)c1cc2cccc(N3CCN(CCC(=CC)N=CC=CC)CC3)c2o1. The summed E-state index contributed by atoms with van der Waals surface area (Å²) in [4.78, 5) is 22.2. The Morgan fingerprint density at radius 3 is 2.59 bits per heavy atom. The van der Waals surface area contributed by atoms with E-state index in [-0.39, 0.29) is 5.91 Å². The van der Waals surface area contributed by atoms with Crippen molar-refractivity contribution >= 4 is 35.5 Å². The first-order valence-electron chi connectivity index (χ1n) is 12.9. The summed E-state index contributed by atoms with van der Waals surface area (Å²) in [5.74, 6) is 0.0765. The average Bonchev–Trinajstić information content (AvgIpc) is 3.35. The molecule has 1 amide bonds. The Labute approximate surface area is 220 Å². The molecule has 1 saturated heterocycles. The highest BCUT2D eigenvalue weighted by molar-refractivity contribution is 5.99. The van der Waals surface area contributed by atoms with Crippen LogP contribution in [-0.4, -0.2) is 74.6 Å². The zero-order valence-electron chi connectivity index (χ0n) is 22.6. The number of anilines is 1. The standard InChI is InChI=1S/C30H39N5O2/c1-6-9-13-26(33(4)5)23-32-30(36)28-22-24-12-11-14-27(29(24)37-28)35-20-18-34(19-21-35)17-15-25(8-3)31-16-10-7-2/h6-14,16,22H,4,15,17-21,23H2,1-3,5H3/p+1. The van der Waals surface area contributed by atoms with Gasteiger partial charge in [-0.15, -0.1) is 0 Å². The Kier molecular flexibility index (Phi) is 10.6. The fourth-order valence-corrected chi connectivity index (χ4v) is 4.19. The molecule has 0 unspecified atom stereocenters. The summed E-state index contributed by atoms with van der Waals surface area (Å²) in [5.41, 5.74) is 3.80. The Hall–Kier alpha value is -3.71. The molecule has 1 aromatic carbocycles. The maximum absolute atomic E-state index is 12.9. The van der Waals surface area contributed by atoms with Crippen molar-refractivity contribution in [3.63, 3.8) is 0 Å². The number of amides is 1. The van der Waals surface area contributed by atoms with Gasteiger partial charge < -0.3 is 14.6 Å². The van der Waals surface area contributed by atoms with E-state index in [0.717, 1.165) is 67.2 Å². The molecule has 0 bridgehead atoms. The van der Waals surface area contributed by atoms with Crippen molar-refractivity contribution < 1.29 is 13.8 Å². The molecular weight excluding hydrogens is 462 g/mol. The molecule has 2 aromatic rings. The number of furan rings is 1. The molecule has 1 aliphatic heterocycles. The first kappa shape index (κ1) is 27.9. The molecule has 196 valence electrons. The Balaban J connectivity index is 1.62. The van der Waals surface area contributed by atoms with Crippen LogP contribution in [0.1, 0.15) is 37.7 Å². The van der Waals surface area contributed by atoms with Gasteiger partial charge >= 0.3 is 0 Å². The van der Waals surface area contributed by atoms with Crippen LogP contribution in [0.4, 0.5) is 5.69 Å². The third-order valence-corrected chi connectivity index (χ3v) is 6.40. The van der Waals surface area contributed by atoms with Crippen LogP contribution in [0.2, 0.25) is 0 Å². The predicted molar refractivity (Wildman–Crippen MR) is 155 cm³/mol. The monoisotopic (exact) mass is 502 g/mol. The number of benzene rings is 1. The fraction of sp³-hybridized carbons (Fsp3) is 0.367. The summed E-state index contributed by atoms with van der Waals surface area (Å²) in [7, 11) is 1.85. The first-order chi connectivity index (χ1) is 18.0. The summed E-state index contributed by atoms with van der Waals surface area (Å²) >= 11 is 0. The lowest BCUT2D eigenvalue weighted by Crippen LogP contribution is -2.46. The van der Waals surface area contributed by atoms with Gasteiger partial charge in [0.05, 0.1) is 5.69 Å². The number of likely N-dealkylation sites (N-methyl/N-ethyl adjacent to an activating group) is 1. The minimum atomic E-state index is -0.239. The Bertz CT molecular complexity index is 1220. The third kappa shape index (κ3) is 7.89. The molecule has 37 heavy (non-hydrogen) atoms. The van der Waals surface area contributed by atoms with Crippen molar-refractivity contribution in [3.8, 4) is 0 Å². The number of hydrogen-bond acceptors (Lipinski definition) is 5. The quantitative estimate of drug-likeness (QED) is 0.266. The normalized spacial score (nSPS) is 16.1. The number of carbonyl (C=O) groups excluding carboxylic acids is 1. The van der Waals surface area contributed by atoms with Crippen LogP contribution in [0.5, 0.6) is 0 Å². The Morgan fingerprint density at radius 1 is 1.16 bits per heavy atom. The highest BCUT2D eigenvalue weighted by atomic mass is 16.3. The zero-order chi connectivity index (χ0) is 26.6. The summed E-state index contributed by atoms with van der Waals surface area (Å²) in [6.45, 7) is 15.0. The van der Waals surface area contributed by atoms with Gasteiger partial charge in [-0.25, -0.2) is 4.58 Å². The van der Waals surface area contributed by atoms with Crippen LogP contribution in [-0.2, 0) is 0 Å². The van der Waals surface area contributed by atoms with Crippen molar-refractivity contribution in [1.82, 2.24) is 10.2 Å². The van der Waals surface area contributed by atoms with Gasteiger partial charge in [0.15, 0.2) is 17.0 Å². The third-order valence-electron chi connectivity index (χ3n) is 6.40. The van der Waals surface area contributed by atoms with Crippen LogP contribution in [0.15, 0.2) is 81.5 Å². The van der Waals surface area contributed by atoms with E-state index < -0.39 is 0 Å². The van der Waals surface area contributed by atoms with E-state index in [4.69, 9.17) is 4.42 Å². The van der Waals surface area contributed by atoms with E-state index in [1.54, 1.807) is 4.58 Å². The lowest BCUT2D eigenvalue weighted by molar-refractivity contribution is -0.435. The highest BCUT2D eigenvalue weighted by Crippen LogP contribution is 2.30. The van der Waals surface area contributed by atoms with Gasteiger partial charge in [-0.2, -0.15) is 0 Å². The number of rotatable bonds is 11. The molecule has 0 radical (unpaired) electrons. The van der Waals surface area contributed by atoms with Crippen molar-refractivity contribution in [2.75, 3.05) is 51.2 Å². The molecule has 3 rings (SSSR count). The number of fused-ring (bicyclic) bond motifs is 1. The molecule has 0 aliphatic carbocycles. The molecule has 7 nitrogen and oxygen atoms in total. The van der Waals surface area contributed by atoms with Crippen LogP contribution < -0.4 is 10.2 Å². The summed E-state index contributed by atoms with van der Waals surface area (Å²) in [6.07, 6.45) is 14.6. The Morgan fingerprint density at radius 2 is 1.92 bits per heavy atom. The maximum atomic E-state index is 12.9. The van der Waals surface area contributed by atoms with Crippen molar-refractivity contribution in [1.29, 1.82) is 0 Å². The molecule has 1 N–H and O–H groups in total. The van der Waals surface area contributed by atoms with Crippen LogP contribution in [0.3, 0.4) is 0 Å². The van der Waals surface area contributed by atoms with E-state index in [9.17, 15) is 4.79 Å². The van der Waals surface area contributed by atoms with E-state index in [0.29, 0.717) is 12.3 Å². The molecule has 1 aliphatic rings. The number of para-hydroxylation sites is 1. The molecule has 1 aromatic heterocycles. The van der Waals surface area contributed by atoms with Gasteiger partial charge in [0, 0.05) is 62.5 Å². The first-order valence-corrected chi connectivity index (χ1v) is 12.9. The second-order valence-electron chi connectivity index (χ2n) is 9.03. The largest absolute Gasteiger partial charge is 0.449 e. The van der Waals surface area contributed by atoms with Crippen LogP contribution >= 0.6 is 0 Å². The molecule has 1 fully saturated rings. The number of nitrogens with zero attached hydrogens (tertiary/aromatic N) is 4. The lowest BCUT2D eigenvalue weighted by atomic mass is 10.2. The highest BCUT2D eigenvalue weighted by Gasteiger charge is 2.22. The lowest BCUT2D eigenvalue weighted by Gasteiger charge is -2.36. The van der Waals surface area contributed by atoms with Crippen LogP contribution in [0, 0.1) is 0 Å². The van der Waals surface area contributed by atoms with E-state index in [1.807, 2.05) is 82.6 Å². The van der Waals surface area contributed by atoms with E-state index >= 15 is 0 Å². The summed E-state index contributed by atoms with van der Waals surface area (Å²) in [6, 6.07) is 7.91. The van der Waals surface area contributed by atoms with E-state index in [1.165, 1.54) is 0 Å². The van der Waals surface area contributed by atoms with Crippen molar-refractivity contribution in [3.05, 3.63) is 77.9 Å². The molecule has 0 atom stereocenters. The van der Waals surface area contributed by atoms with Crippen molar-refractivity contribution in [2.45, 2.75) is 27.2 Å². The van der Waals surface area contributed by atoms with Crippen molar-refractivity contribution in [2.24, 2.45) is 4.99 Å². The molecule has 0 saturated carbocycles. The topological polar surface area (TPSA) is 64.1 Å². The average molecular weight is 503 g/mol. The number of carbonyl (C=O) groups is 1. The number of hydrogen-bond donors (Lipinski definition) is 1. The van der Waals surface area contributed by atoms with Gasteiger partial charge in [0.25, 0.3) is 5.91 Å². The molecule has 0 spiro atoms. The second-order valence-corrected chi connectivity index (χ2v) is 9.03. The number of piperazine rings is 1. The minimum Gasteiger partial charge on any atom is -0.449 e. The van der Waals surface area contributed by atoms with E-state index in [2.05, 4.69) is 39.0 Å².